The SMILES string of the molecule is COC(=O)c1c(NC(=S)Nc2ccccc2)sc2c1CCCCCC2. The van der Waals surface area contributed by atoms with Crippen LogP contribution < -0.4 is 10.6 Å². The van der Waals surface area contributed by atoms with Gasteiger partial charge in [-0.3, -0.25) is 0 Å². The number of anilines is 2. The summed E-state index contributed by atoms with van der Waals surface area (Å²) in [6.45, 7) is 0. The Hall–Kier alpha value is -1.92. The maximum Gasteiger partial charge on any atom is 0.341 e. The van der Waals surface area contributed by atoms with Crippen molar-refractivity contribution in [3.05, 3.63) is 46.3 Å². The summed E-state index contributed by atoms with van der Waals surface area (Å²) in [5, 5.41) is 7.63. The zero-order valence-electron chi connectivity index (χ0n) is 14.3. The Balaban J connectivity index is 1.85. The molecule has 0 fully saturated rings. The number of rotatable bonds is 3. The summed E-state index contributed by atoms with van der Waals surface area (Å²) in [6.07, 6.45) is 6.69. The molecule has 4 nitrogen and oxygen atoms in total. The minimum absolute atomic E-state index is 0.289. The Morgan fingerprint density at radius 1 is 1.08 bits per heavy atom. The summed E-state index contributed by atoms with van der Waals surface area (Å²) in [7, 11) is 1.43. The molecule has 1 aliphatic carbocycles. The van der Waals surface area contributed by atoms with Crippen molar-refractivity contribution in [2.45, 2.75) is 38.5 Å². The number of hydrogen-bond donors (Lipinski definition) is 2. The fraction of sp³-hybridized carbons (Fsp3) is 0.368. The Labute approximate surface area is 157 Å². The molecule has 2 N–H and O–H groups in total. The minimum atomic E-state index is -0.289. The number of esters is 1. The van der Waals surface area contributed by atoms with Crippen molar-refractivity contribution in [1.29, 1.82) is 0 Å². The van der Waals surface area contributed by atoms with Crippen LogP contribution in [-0.4, -0.2) is 18.2 Å². The first kappa shape index (κ1) is 17.9. The second kappa shape index (κ2) is 8.45. The average molecular weight is 375 g/mol. The fourth-order valence-corrected chi connectivity index (χ4v) is 4.68. The van der Waals surface area contributed by atoms with Crippen LogP contribution in [0.15, 0.2) is 30.3 Å². The van der Waals surface area contributed by atoms with Crippen LogP contribution >= 0.6 is 23.6 Å². The second-order valence-electron chi connectivity index (χ2n) is 6.06. The lowest BCUT2D eigenvalue weighted by molar-refractivity contribution is 0.0601. The second-order valence-corrected chi connectivity index (χ2v) is 7.57. The van der Waals surface area contributed by atoms with Crippen LogP contribution in [0.2, 0.25) is 0 Å². The Bertz CT molecular complexity index is 756. The molecule has 0 bridgehead atoms. The summed E-state index contributed by atoms with van der Waals surface area (Å²) in [6, 6.07) is 9.74. The van der Waals surface area contributed by atoms with E-state index >= 15 is 0 Å². The molecule has 0 unspecified atom stereocenters. The van der Waals surface area contributed by atoms with Crippen molar-refractivity contribution in [3.63, 3.8) is 0 Å². The van der Waals surface area contributed by atoms with E-state index in [4.69, 9.17) is 17.0 Å². The van der Waals surface area contributed by atoms with E-state index in [2.05, 4.69) is 10.6 Å². The summed E-state index contributed by atoms with van der Waals surface area (Å²) < 4.78 is 5.04. The number of carbonyl (C=O) groups excluding carboxylic acids is 1. The van der Waals surface area contributed by atoms with Crippen LogP contribution in [-0.2, 0) is 17.6 Å². The first-order valence-corrected chi connectivity index (χ1v) is 9.77. The number of hydrogen-bond acceptors (Lipinski definition) is 4. The van der Waals surface area contributed by atoms with Crippen LogP contribution in [0.5, 0.6) is 0 Å². The van der Waals surface area contributed by atoms with Crippen LogP contribution in [0.1, 0.15) is 46.5 Å². The number of fused-ring (bicyclic) bond motifs is 1. The van der Waals surface area contributed by atoms with Crippen molar-refractivity contribution in [2.24, 2.45) is 0 Å². The third kappa shape index (κ3) is 4.38. The first-order valence-electron chi connectivity index (χ1n) is 8.55. The number of para-hydroxylation sites is 1. The molecule has 6 heteroatoms. The lowest BCUT2D eigenvalue weighted by Crippen LogP contribution is -2.20. The molecule has 2 aromatic rings. The van der Waals surface area contributed by atoms with Crippen LogP contribution in [0, 0.1) is 0 Å². The van der Waals surface area contributed by atoms with Gasteiger partial charge in [-0.15, -0.1) is 11.3 Å². The van der Waals surface area contributed by atoms with E-state index in [9.17, 15) is 4.79 Å². The number of benzene rings is 1. The minimum Gasteiger partial charge on any atom is -0.465 e. The van der Waals surface area contributed by atoms with Gasteiger partial charge in [0.25, 0.3) is 0 Å². The highest BCUT2D eigenvalue weighted by atomic mass is 32.1. The molecule has 0 amide bonds. The van der Waals surface area contributed by atoms with E-state index in [1.807, 2.05) is 30.3 Å². The van der Waals surface area contributed by atoms with E-state index in [0.29, 0.717) is 10.7 Å². The molecule has 0 aliphatic heterocycles. The van der Waals surface area contributed by atoms with Gasteiger partial charge >= 0.3 is 5.97 Å². The van der Waals surface area contributed by atoms with Crippen molar-refractivity contribution < 1.29 is 9.53 Å². The highest BCUT2D eigenvalue weighted by Crippen LogP contribution is 2.37. The van der Waals surface area contributed by atoms with Gasteiger partial charge in [0.2, 0.25) is 0 Å². The summed E-state index contributed by atoms with van der Waals surface area (Å²) in [4.78, 5) is 13.7. The van der Waals surface area contributed by atoms with E-state index < -0.39 is 0 Å². The lowest BCUT2D eigenvalue weighted by atomic mass is 9.96. The smallest absolute Gasteiger partial charge is 0.341 e. The Kier molecular flexibility index (Phi) is 6.04. The van der Waals surface area contributed by atoms with E-state index in [-0.39, 0.29) is 5.97 Å². The van der Waals surface area contributed by atoms with Gasteiger partial charge in [-0.25, -0.2) is 4.79 Å². The predicted molar refractivity (Wildman–Crippen MR) is 108 cm³/mol. The molecule has 1 aromatic heterocycles. The van der Waals surface area contributed by atoms with Gasteiger partial charge in [0, 0.05) is 10.6 Å². The normalized spacial score (nSPS) is 14.0. The van der Waals surface area contributed by atoms with Crippen molar-refractivity contribution in [3.8, 4) is 0 Å². The van der Waals surface area contributed by atoms with Gasteiger partial charge in [-0.1, -0.05) is 31.0 Å². The van der Waals surface area contributed by atoms with Gasteiger partial charge in [0.15, 0.2) is 5.11 Å². The zero-order valence-corrected chi connectivity index (χ0v) is 15.9. The number of aryl methyl sites for hydroxylation is 1. The van der Waals surface area contributed by atoms with E-state index in [1.165, 1.54) is 31.2 Å². The number of thiophene rings is 1. The molecule has 3 rings (SSSR count). The maximum atomic E-state index is 12.4. The van der Waals surface area contributed by atoms with Crippen LogP contribution in [0.3, 0.4) is 0 Å². The Morgan fingerprint density at radius 2 is 1.80 bits per heavy atom. The average Bonchev–Trinajstić information content (AvgIpc) is 2.91. The number of thiocarbonyl (C=S) groups is 1. The largest absolute Gasteiger partial charge is 0.465 e. The van der Waals surface area contributed by atoms with Crippen LogP contribution in [0.25, 0.3) is 0 Å². The van der Waals surface area contributed by atoms with E-state index in [0.717, 1.165) is 35.5 Å². The molecule has 1 heterocycles. The quantitative estimate of drug-likeness (QED) is 0.585. The predicted octanol–water partition coefficient (Wildman–Crippen LogP) is 5.00. The molecular weight excluding hydrogens is 352 g/mol. The number of methoxy groups -OCH3 is 1. The van der Waals surface area contributed by atoms with Gasteiger partial charge in [0.1, 0.15) is 5.00 Å². The molecule has 25 heavy (non-hydrogen) atoms. The molecule has 0 radical (unpaired) electrons. The highest BCUT2D eigenvalue weighted by molar-refractivity contribution is 7.80. The third-order valence-corrected chi connectivity index (χ3v) is 5.73. The van der Waals surface area contributed by atoms with Crippen molar-refractivity contribution in [1.82, 2.24) is 0 Å². The van der Waals surface area contributed by atoms with Gasteiger partial charge in [-0.05, 0) is 55.6 Å². The number of ether oxygens (including phenoxy) is 1. The first-order chi connectivity index (χ1) is 12.2. The maximum absolute atomic E-state index is 12.4. The molecule has 0 saturated carbocycles. The third-order valence-electron chi connectivity index (χ3n) is 4.32. The number of carbonyl (C=O) groups is 1. The molecule has 0 saturated heterocycles. The molecule has 1 aromatic carbocycles. The molecule has 0 spiro atoms. The molecular formula is C19H22N2O2S2. The van der Waals surface area contributed by atoms with Gasteiger partial charge in [-0.2, -0.15) is 0 Å². The summed E-state index contributed by atoms with van der Waals surface area (Å²) >= 11 is 7.05. The van der Waals surface area contributed by atoms with E-state index in [1.54, 1.807) is 11.3 Å². The van der Waals surface area contributed by atoms with Crippen LogP contribution in [0.4, 0.5) is 10.7 Å². The molecule has 1 aliphatic rings. The lowest BCUT2D eigenvalue weighted by Gasteiger charge is -2.12. The standard InChI is InChI=1S/C19H22N2O2S2/c1-23-18(22)16-14-11-7-2-3-8-12-15(14)25-17(16)21-19(24)20-13-9-5-4-6-10-13/h4-6,9-10H,2-3,7-8,11-12H2,1H3,(H2,20,21,24). The van der Waals surface area contributed by atoms with Gasteiger partial charge < -0.3 is 15.4 Å². The fourth-order valence-electron chi connectivity index (χ4n) is 3.11. The summed E-state index contributed by atoms with van der Waals surface area (Å²) in [5.41, 5.74) is 2.71. The monoisotopic (exact) mass is 374 g/mol. The van der Waals surface area contributed by atoms with Crippen molar-refractivity contribution >= 4 is 45.3 Å². The highest BCUT2D eigenvalue weighted by Gasteiger charge is 2.25. The zero-order chi connectivity index (χ0) is 17.6. The number of nitrogens with one attached hydrogen (secondary N) is 2. The van der Waals surface area contributed by atoms with Gasteiger partial charge in [0.05, 0.1) is 12.7 Å². The van der Waals surface area contributed by atoms with Crippen molar-refractivity contribution in [2.75, 3.05) is 17.7 Å². The summed E-state index contributed by atoms with van der Waals surface area (Å²) in [5.74, 6) is -0.289. The Morgan fingerprint density at radius 3 is 2.52 bits per heavy atom. The molecule has 132 valence electrons. The topological polar surface area (TPSA) is 50.4 Å². The molecule has 0 atom stereocenters.